The van der Waals surface area contributed by atoms with E-state index in [4.69, 9.17) is 0 Å². The number of hydrogen-bond acceptors (Lipinski definition) is 3. The standard InChI is InChI=1S/C18H25N5O2/c1-3-19-18(25)23-8-6-14(7-9-23)22-17(24)11-13-4-5-15-16(10-13)21-12(2)20-15/h4-5,10,14H,3,6-9,11H2,1-2H3,(H,19,25)(H,20,21)(H,22,24). The molecule has 0 radical (unpaired) electrons. The molecule has 134 valence electrons. The van der Waals surface area contributed by atoms with Crippen LogP contribution < -0.4 is 10.6 Å². The van der Waals surface area contributed by atoms with E-state index in [1.165, 1.54) is 0 Å². The second-order valence-electron chi connectivity index (χ2n) is 6.51. The minimum Gasteiger partial charge on any atom is -0.353 e. The van der Waals surface area contributed by atoms with E-state index in [0.717, 1.165) is 35.3 Å². The van der Waals surface area contributed by atoms with Gasteiger partial charge in [0.2, 0.25) is 5.91 Å². The number of nitrogens with zero attached hydrogens (tertiary/aromatic N) is 2. The van der Waals surface area contributed by atoms with E-state index >= 15 is 0 Å². The molecule has 1 fully saturated rings. The number of urea groups is 1. The summed E-state index contributed by atoms with van der Waals surface area (Å²) in [5.74, 6) is 0.891. The van der Waals surface area contributed by atoms with Gasteiger partial charge in [0, 0.05) is 25.7 Å². The van der Waals surface area contributed by atoms with E-state index < -0.39 is 0 Å². The second kappa shape index (κ2) is 7.55. The van der Waals surface area contributed by atoms with Crippen molar-refractivity contribution in [3.8, 4) is 0 Å². The van der Waals surface area contributed by atoms with Gasteiger partial charge in [-0.25, -0.2) is 9.78 Å². The Hall–Kier alpha value is -2.57. The molecule has 0 aliphatic carbocycles. The Labute approximate surface area is 147 Å². The molecule has 7 heteroatoms. The van der Waals surface area contributed by atoms with Gasteiger partial charge in [-0.15, -0.1) is 0 Å². The number of hydrogen-bond donors (Lipinski definition) is 3. The van der Waals surface area contributed by atoms with Gasteiger partial charge < -0.3 is 20.5 Å². The Morgan fingerprint density at radius 2 is 2.08 bits per heavy atom. The zero-order valence-electron chi connectivity index (χ0n) is 14.8. The lowest BCUT2D eigenvalue weighted by Crippen LogP contribution is -2.49. The lowest BCUT2D eigenvalue weighted by Gasteiger charge is -2.32. The molecule has 0 saturated carbocycles. The first-order chi connectivity index (χ1) is 12.0. The molecule has 1 saturated heterocycles. The second-order valence-corrected chi connectivity index (χ2v) is 6.51. The summed E-state index contributed by atoms with van der Waals surface area (Å²) in [7, 11) is 0. The highest BCUT2D eigenvalue weighted by Gasteiger charge is 2.23. The van der Waals surface area contributed by atoms with Crippen LogP contribution in [0.4, 0.5) is 4.79 Å². The number of aromatic nitrogens is 2. The van der Waals surface area contributed by atoms with Gasteiger partial charge in [-0.1, -0.05) is 6.07 Å². The molecule has 2 heterocycles. The average molecular weight is 343 g/mol. The largest absolute Gasteiger partial charge is 0.353 e. The normalized spacial score (nSPS) is 15.4. The Bertz CT molecular complexity index is 762. The molecule has 0 atom stereocenters. The van der Waals surface area contributed by atoms with E-state index in [-0.39, 0.29) is 18.0 Å². The fourth-order valence-electron chi connectivity index (χ4n) is 3.25. The molecular formula is C18H25N5O2. The maximum absolute atomic E-state index is 12.3. The predicted molar refractivity (Wildman–Crippen MR) is 96.3 cm³/mol. The summed E-state index contributed by atoms with van der Waals surface area (Å²) in [6, 6.07) is 5.98. The van der Waals surface area contributed by atoms with Crippen LogP contribution in [0.15, 0.2) is 18.2 Å². The van der Waals surface area contributed by atoms with Crippen molar-refractivity contribution in [2.24, 2.45) is 0 Å². The molecule has 25 heavy (non-hydrogen) atoms. The molecule has 0 bridgehead atoms. The van der Waals surface area contributed by atoms with Crippen molar-refractivity contribution in [3.05, 3.63) is 29.6 Å². The lowest BCUT2D eigenvalue weighted by molar-refractivity contribution is -0.121. The number of benzene rings is 1. The molecule has 7 nitrogen and oxygen atoms in total. The van der Waals surface area contributed by atoms with Crippen LogP contribution in [0.5, 0.6) is 0 Å². The molecule has 1 aromatic carbocycles. The molecule has 1 aromatic heterocycles. The third-order valence-corrected chi connectivity index (χ3v) is 4.50. The van der Waals surface area contributed by atoms with Crippen molar-refractivity contribution in [2.75, 3.05) is 19.6 Å². The number of nitrogens with one attached hydrogen (secondary N) is 3. The summed E-state index contributed by atoms with van der Waals surface area (Å²) < 4.78 is 0. The molecule has 1 aliphatic heterocycles. The number of amides is 3. The minimum atomic E-state index is -0.0181. The first kappa shape index (κ1) is 17.3. The zero-order chi connectivity index (χ0) is 17.8. The average Bonchev–Trinajstić information content (AvgIpc) is 2.95. The van der Waals surface area contributed by atoms with Crippen LogP contribution in [-0.2, 0) is 11.2 Å². The fraction of sp³-hybridized carbons (Fsp3) is 0.500. The zero-order valence-corrected chi connectivity index (χ0v) is 14.8. The minimum absolute atomic E-state index is 0.0181. The van der Waals surface area contributed by atoms with Gasteiger partial charge in [-0.3, -0.25) is 4.79 Å². The van der Waals surface area contributed by atoms with E-state index in [1.54, 1.807) is 4.90 Å². The maximum atomic E-state index is 12.3. The summed E-state index contributed by atoms with van der Waals surface area (Å²) in [4.78, 5) is 33.5. The van der Waals surface area contributed by atoms with Crippen LogP contribution in [0.2, 0.25) is 0 Å². The number of imidazole rings is 1. The number of carbonyl (C=O) groups is 2. The highest BCUT2D eigenvalue weighted by Crippen LogP contribution is 2.15. The third kappa shape index (κ3) is 4.29. The first-order valence-corrected chi connectivity index (χ1v) is 8.82. The van der Waals surface area contributed by atoms with E-state index in [0.29, 0.717) is 26.1 Å². The van der Waals surface area contributed by atoms with Gasteiger partial charge >= 0.3 is 6.03 Å². The quantitative estimate of drug-likeness (QED) is 0.789. The topological polar surface area (TPSA) is 90.1 Å². The fourth-order valence-corrected chi connectivity index (χ4v) is 3.25. The van der Waals surface area contributed by atoms with Crippen LogP contribution in [-0.4, -0.2) is 52.5 Å². The van der Waals surface area contributed by atoms with E-state index in [1.807, 2.05) is 32.0 Å². The Kier molecular flexibility index (Phi) is 5.21. The van der Waals surface area contributed by atoms with Crippen molar-refractivity contribution in [3.63, 3.8) is 0 Å². The smallest absolute Gasteiger partial charge is 0.317 e. The van der Waals surface area contributed by atoms with Gasteiger partial charge in [0.05, 0.1) is 17.5 Å². The highest BCUT2D eigenvalue weighted by atomic mass is 16.2. The number of aryl methyl sites for hydroxylation is 1. The number of fused-ring (bicyclic) bond motifs is 1. The molecular weight excluding hydrogens is 318 g/mol. The number of carbonyl (C=O) groups excluding carboxylic acids is 2. The van der Waals surface area contributed by atoms with Crippen LogP contribution >= 0.6 is 0 Å². The summed E-state index contributed by atoms with van der Waals surface area (Å²) in [6.45, 7) is 5.81. The van der Waals surface area contributed by atoms with Gasteiger partial charge in [0.25, 0.3) is 0 Å². The van der Waals surface area contributed by atoms with Crippen LogP contribution in [0, 0.1) is 6.92 Å². The van der Waals surface area contributed by atoms with Gasteiger partial charge in [-0.05, 0) is 44.4 Å². The molecule has 0 spiro atoms. The SMILES string of the molecule is CCNC(=O)N1CCC(NC(=O)Cc2ccc3nc(C)[nH]c3c2)CC1. The Morgan fingerprint density at radius 1 is 1.32 bits per heavy atom. The van der Waals surface area contributed by atoms with Crippen molar-refractivity contribution in [1.29, 1.82) is 0 Å². The van der Waals surface area contributed by atoms with Gasteiger partial charge in [0.15, 0.2) is 0 Å². The van der Waals surface area contributed by atoms with Crippen LogP contribution in [0.1, 0.15) is 31.2 Å². The van der Waals surface area contributed by atoms with Crippen LogP contribution in [0.3, 0.4) is 0 Å². The number of rotatable bonds is 4. The summed E-state index contributed by atoms with van der Waals surface area (Å²) in [6.07, 6.45) is 1.94. The summed E-state index contributed by atoms with van der Waals surface area (Å²) in [5, 5.41) is 5.90. The van der Waals surface area contributed by atoms with Crippen molar-refractivity contribution < 1.29 is 9.59 Å². The highest BCUT2D eigenvalue weighted by molar-refractivity contribution is 5.82. The van der Waals surface area contributed by atoms with E-state index in [9.17, 15) is 9.59 Å². The van der Waals surface area contributed by atoms with Crippen LogP contribution in [0.25, 0.3) is 11.0 Å². The molecule has 2 aromatic rings. The van der Waals surface area contributed by atoms with Crippen molar-refractivity contribution in [2.45, 2.75) is 39.2 Å². The van der Waals surface area contributed by atoms with Gasteiger partial charge in [0.1, 0.15) is 5.82 Å². The molecule has 3 amide bonds. The number of H-pyrrole nitrogens is 1. The molecule has 0 unspecified atom stereocenters. The molecule has 1 aliphatic rings. The molecule has 3 N–H and O–H groups in total. The van der Waals surface area contributed by atoms with E-state index in [2.05, 4.69) is 20.6 Å². The maximum Gasteiger partial charge on any atom is 0.317 e. The Morgan fingerprint density at radius 3 is 2.80 bits per heavy atom. The lowest BCUT2D eigenvalue weighted by atomic mass is 10.0. The Balaban J connectivity index is 1.50. The monoisotopic (exact) mass is 343 g/mol. The third-order valence-electron chi connectivity index (χ3n) is 4.50. The predicted octanol–water partition coefficient (Wildman–Crippen LogP) is 1.72. The summed E-state index contributed by atoms with van der Waals surface area (Å²) >= 11 is 0. The number of piperidine rings is 1. The van der Waals surface area contributed by atoms with Crippen molar-refractivity contribution in [1.82, 2.24) is 25.5 Å². The summed E-state index contributed by atoms with van der Waals surface area (Å²) in [5.41, 5.74) is 2.84. The number of aromatic amines is 1. The molecule has 3 rings (SSSR count). The van der Waals surface area contributed by atoms with Gasteiger partial charge in [-0.2, -0.15) is 0 Å². The number of likely N-dealkylation sites (tertiary alicyclic amines) is 1. The van der Waals surface area contributed by atoms with Crippen molar-refractivity contribution >= 4 is 23.0 Å². The first-order valence-electron chi connectivity index (χ1n) is 8.82.